The van der Waals surface area contributed by atoms with E-state index in [1.54, 1.807) is 37.6 Å². The van der Waals surface area contributed by atoms with E-state index in [1.165, 1.54) is 0 Å². The van der Waals surface area contributed by atoms with Crippen molar-refractivity contribution in [2.75, 3.05) is 25.5 Å². The van der Waals surface area contributed by atoms with E-state index in [2.05, 4.69) is 38.7 Å². The number of nitrogens with zero attached hydrogens (tertiary/aromatic N) is 1. The Morgan fingerprint density at radius 3 is 2.46 bits per heavy atom. The Kier molecular flexibility index (Phi) is 9.35. The molecule has 2 aromatic carbocycles. The van der Waals surface area contributed by atoms with Gasteiger partial charge < -0.3 is 25.8 Å². The van der Waals surface area contributed by atoms with Crippen molar-refractivity contribution in [3.8, 4) is 11.5 Å². The van der Waals surface area contributed by atoms with E-state index < -0.39 is 12.1 Å². The van der Waals surface area contributed by atoms with Gasteiger partial charge in [-0.15, -0.1) is 0 Å². The number of phenols is 1. The standard InChI is InChI=1S/C25H32N6O4/c1-17(29-22-16-21(35-2)15-19-6-4-12-26-23(19)22)5-3-13-27-24(33)30-31-25(34)28-14-11-18-7-9-20(32)10-8-18/h4,6-10,12,15-17,29,32H,3,5,11,13-14H2,1-2H3,(H2,27,30,33)(H2,28,31,34). The molecule has 10 nitrogen and oxygen atoms in total. The highest BCUT2D eigenvalue weighted by molar-refractivity contribution is 5.92. The smallest absolute Gasteiger partial charge is 0.333 e. The first kappa shape index (κ1) is 25.4. The van der Waals surface area contributed by atoms with E-state index in [0.717, 1.165) is 40.7 Å². The van der Waals surface area contributed by atoms with Crippen LogP contribution in [-0.2, 0) is 6.42 Å². The van der Waals surface area contributed by atoms with Crippen molar-refractivity contribution in [1.29, 1.82) is 0 Å². The number of carbonyl (C=O) groups excluding carboxylic acids is 2. The van der Waals surface area contributed by atoms with Crippen molar-refractivity contribution in [3.05, 3.63) is 60.3 Å². The van der Waals surface area contributed by atoms with E-state index >= 15 is 0 Å². The third-order valence-electron chi connectivity index (χ3n) is 5.34. The second-order valence-corrected chi connectivity index (χ2v) is 8.12. The van der Waals surface area contributed by atoms with E-state index in [9.17, 15) is 14.7 Å². The molecule has 0 saturated carbocycles. The third-order valence-corrected chi connectivity index (χ3v) is 5.34. The number of rotatable bonds is 10. The van der Waals surface area contributed by atoms with Gasteiger partial charge in [0.1, 0.15) is 11.5 Å². The zero-order chi connectivity index (χ0) is 25.0. The van der Waals surface area contributed by atoms with Crippen LogP contribution in [0.2, 0.25) is 0 Å². The van der Waals surface area contributed by atoms with Crippen LogP contribution < -0.4 is 31.5 Å². The Hall–Kier alpha value is -4.21. The molecule has 0 bridgehead atoms. The average molecular weight is 481 g/mol. The molecule has 10 heteroatoms. The Bertz CT molecular complexity index is 1120. The van der Waals surface area contributed by atoms with E-state index in [1.807, 2.05) is 24.3 Å². The first-order valence-corrected chi connectivity index (χ1v) is 11.5. The topological polar surface area (TPSA) is 137 Å². The number of hydrazine groups is 1. The second kappa shape index (κ2) is 12.9. The number of aromatic nitrogens is 1. The van der Waals surface area contributed by atoms with Crippen LogP contribution in [0.5, 0.6) is 11.5 Å². The molecule has 6 N–H and O–H groups in total. The van der Waals surface area contributed by atoms with E-state index in [0.29, 0.717) is 19.5 Å². The minimum atomic E-state index is -0.504. The highest BCUT2D eigenvalue weighted by Gasteiger charge is 2.10. The zero-order valence-electron chi connectivity index (χ0n) is 19.9. The van der Waals surface area contributed by atoms with Crippen molar-refractivity contribution in [3.63, 3.8) is 0 Å². The van der Waals surface area contributed by atoms with Crippen LogP contribution in [0.4, 0.5) is 15.3 Å². The summed E-state index contributed by atoms with van der Waals surface area (Å²) in [5.41, 5.74) is 7.38. The van der Waals surface area contributed by atoms with Gasteiger partial charge in [-0.05, 0) is 56.0 Å². The van der Waals surface area contributed by atoms with Gasteiger partial charge in [-0.25, -0.2) is 20.4 Å². The lowest BCUT2D eigenvalue weighted by atomic mass is 10.1. The number of anilines is 1. The second-order valence-electron chi connectivity index (χ2n) is 8.12. The fraction of sp³-hybridized carbons (Fsp3) is 0.320. The zero-order valence-corrected chi connectivity index (χ0v) is 19.9. The van der Waals surface area contributed by atoms with Crippen molar-refractivity contribution >= 4 is 28.7 Å². The minimum Gasteiger partial charge on any atom is -0.508 e. The normalized spacial score (nSPS) is 11.4. The number of amides is 4. The molecule has 1 unspecified atom stereocenters. The third kappa shape index (κ3) is 8.26. The number of nitrogens with one attached hydrogen (secondary N) is 5. The minimum absolute atomic E-state index is 0.148. The van der Waals surface area contributed by atoms with Crippen molar-refractivity contribution in [2.45, 2.75) is 32.2 Å². The Morgan fingerprint density at radius 1 is 1.03 bits per heavy atom. The first-order valence-electron chi connectivity index (χ1n) is 11.5. The van der Waals surface area contributed by atoms with Gasteiger partial charge in [0, 0.05) is 36.8 Å². The number of fused-ring (bicyclic) bond motifs is 1. The molecular weight excluding hydrogens is 448 g/mol. The molecule has 35 heavy (non-hydrogen) atoms. The summed E-state index contributed by atoms with van der Waals surface area (Å²) >= 11 is 0. The highest BCUT2D eigenvalue weighted by atomic mass is 16.5. The summed E-state index contributed by atoms with van der Waals surface area (Å²) in [5.74, 6) is 0.957. The summed E-state index contributed by atoms with van der Waals surface area (Å²) in [4.78, 5) is 28.2. The van der Waals surface area contributed by atoms with Gasteiger partial charge in [-0.1, -0.05) is 18.2 Å². The summed E-state index contributed by atoms with van der Waals surface area (Å²) in [5, 5.41) is 19.1. The average Bonchev–Trinajstić information content (AvgIpc) is 2.86. The number of benzene rings is 2. The van der Waals surface area contributed by atoms with Crippen LogP contribution in [0.3, 0.4) is 0 Å². The fourth-order valence-electron chi connectivity index (χ4n) is 3.53. The summed E-state index contributed by atoms with van der Waals surface area (Å²) < 4.78 is 5.39. The van der Waals surface area contributed by atoms with Crippen molar-refractivity contribution in [2.24, 2.45) is 0 Å². The van der Waals surface area contributed by atoms with Gasteiger partial charge in [0.25, 0.3) is 0 Å². The lowest BCUT2D eigenvalue weighted by Crippen LogP contribution is -2.50. The van der Waals surface area contributed by atoms with Gasteiger partial charge in [-0.2, -0.15) is 0 Å². The van der Waals surface area contributed by atoms with E-state index in [4.69, 9.17) is 4.74 Å². The molecule has 0 spiro atoms. The van der Waals surface area contributed by atoms with Crippen molar-refractivity contribution in [1.82, 2.24) is 26.5 Å². The molecule has 0 aliphatic carbocycles. The maximum atomic E-state index is 11.9. The Balaban J connectivity index is 1.30. The predicted molar refractivity (Wildman–Crippen MR) is 135 cm³/mol. The van der Waals surface area contributed by atoms with Crippen LogP contribution in [0.15, 0.2) is 54.7 Å². The van der Waals surface area contributed by atoms with Gasteiger partial charge in [0.05, 0.1) is 18.3 Å². The maximum Gasteiger partial charge on any atom is 0.333 e. The Morgan fingerprint density at radius 2 is 1.74 bits per heavy atom. The van der Waals surface area contributed by atoms with Crippen LogP contribution >= 0.6 is 0 Å². The monoisotopic (exact) mass is 480 g/mol. The number of ether oxygens (including phenoxy) is 1. The quantitative estimate of drug-likeness (QED) is 0.195. The number of phenolic OH excluding ortho intramolecular Hbond substituents is 1. The summed E-state index contributed by atoms with van der Waals surface area (Å²) in [6.45, 7) is 2.92. The lowest BCUT2D eigenvalue weighted by Gasteiger charge is -2.17. The van der Waals surface area contributed by atoms with Gasteiger partial charge in [0.2, 0.25) is 0 Å². The molecule has 4 amide bonds. The molecule has 186 valence electrons. The molecule has 3 aromatic rings. The maximum absolute atomic E-state index is 11.9. The summed E-state index contributed by atoms with van der Waals surface area (Å²) in [6, 6.07) is 13.7. The van der Waals surface area contributed by atoms with Gasteiger partial charge in [0.15, 0.2) is 0 Å². The largest absolute Gasteiger partial charge is 0.508 e. The van der Waals surface area contributed by atoms with Crippen LogP contribution in [0, 0.1) is 0 Å². The summed E-state index contributed by atoms with van der Waals surface area (Å²) in [6.07, 6.45) is 3.93. The molecule has 0 aliphatic rings. The molecule has 1 aromatic heterocycles. The number of aromatic hydroxyl groups is 1. The Labute approximate surface area is 204 Å². The van der Waals surface area contributed by atoms with Gasteiger partial charge in [-0.3, -0.25) is 4.98 Å². The van der Waals surface area contributed by atoms with Crippen LogP contribution in [-0.4, -0.2) is 48.4 Å². The van der Waals surface area contributed by atoms with E-state index in [-0.39, 0.29) is 11.8 Å². The number of urea groups is 2. The number of hydrogen-bond donors (Lipinski definition) is 6. The molecule has 3 rings (SSSR count). The van der Waals surface area contributed by atoms with Crippen LogP contribution in [0.25, 0.3) is 10.9 Å². The molecule has 0 aliphatic heterocycles. The molecular formula is C25H32N6O4. The number of hydrogen-bond acceptors (Lipinski definition) is 6. The highest BCUT2D eigenvalue weighted by Crippen LogP contribution is 2.28. The molecule has 0 radical (unpaired) electrons. The SMILES string of the molecule is COc1cc(NC(C)CCCNC(=O)NNC(=O)NCCc2ccc(O)cc2)c2ncccc2c1. The number of methoxy groups -OCH3 is 1. The predicted octanol–water partition coefficient (Wildman–Crippen LogP) is 3.29. The van der Waals surface area contributed by atoms with Crippen LogP contribution in [0.1, 0.15) is 25.3 Å². The lowest BCUT2D eigenvalue weighted by molar-refractivity contribution is 0.224. The summed E-state index contributed by atoms with van der Waals surface area (Å²) in [7, 11) is 1.64. The molecule has 1 heterocycles. The fourth-order valence-corrected chi connectivity index (χ4v) is 3.53. The number of carbonyl (C=O) groups is 2. The molecule has 0 saturated heterocycles. The molecule has 0 fully saturated rings. The van der Waals surface area contributed by atoms with Crippen molar-refractivity contribution < 1.29 is 19.4 Å². The molecule has 1 atom stereocenters. The number of pyridine rings is 1. The first-order chi connectivity index (χ1) is 16.9. The van der Waals surface area contributed by atoms with Gasteiger partial charge >= 0.3 is 12.1 Å².